The highest BCUT2D eigenvalue weighted by Crippen LogP contribution is 2.08. The number of ether oxygens (including phenoxy) is 1. The number of nitrogens with two attached hydrogens (primary N) is 1. The third-order valence-electron chi connectivity index (χ3n) is 2.61. The molecule has 0 saturated heterocycles. The minimum absolute atomic E-state index is 0.0835. The van der Waals surface area contributed by atoms with Crippen molar-refractivity contribution < 1.29 is 14.3 Å². The van der Waals surface area contributed by atoms with Gasteiger partial charge in [-0.15, -0.1) is 0 Å². The van der Waals surface area contributed by atoms with Crippen LogP contribution in [0, 0.1) is 0 Å². The van der Waals surface area contributed by atoms with Crippen LogP contribution >= 0.6 is 0 Å². The maximum absolute atomic E-state index is 12.0. The van der Waals surface area contributed by atoms with Crippen LogP contribution in [0.25, 0.3) is 0 Å². The molecular formula is C13H18N2O3. The maximum atomic E-state index is 12.0. The van der Waals surface area contributed by atoms with Crippen molar-refractivity contribution in [3.05, 3.63) is 29.8 Å². The zero-order chi connectivity index (χ0) is 13.5. The van der Waals surface area contributed by atoms with E-state index in [1.165, 1.54) is 7.11 Å². The molecule has 1 amide bonds. The van der Waals surface area contributed by atoms with Crippen molar-refractivity contribution in [2.24, 2.45) is 0 Å². The number of nitrogens with zero attached hydrogens (tertiary/aromatic N) is 1. The quantitative estimate of drug-likeness (QED) is 0.631. The summed E-state index contributed by atoms with van der Waals surface area (Å²) in [5.41, 5.74) is 6.77. The van der Waals surface area contributed by atoms with Crippen LogP contribution in [-0.2, 0) is 9.53 Å². The van der Waals surface area contributed by atoms with Gasteiger partial charge in [0.2, 0.25) is 0 Å². The predicted octanol–water partition coefficient (Wildman–Crippen LogP) is 1.29. The van der Waals surface area contributed by atoms with E-state index in [1.807, 2.05) is 0 Å². The van der Waals surface area contributed by atoms with E-state index >= 15 is 0 Å². The molecule has 5 heteroatoms. The average molecular weight is 250 g/mol. The normalized spacial score (nSPS) is 9.89. The van der Waals surface area contributed by atoms with E-state index in [9.17, 15) is 9.59 Å². The molecule has 0 unspecified atom stereocenters. The zero-order valence-corrected chi connectivity index (χ0v) is 10.7. The molecule has 0 aliphatic heterocycles. The number of anilines is 1. The lowest BCUT2D eigenvalue weighted by Gasteiger charge is -2.16. The Morgan fingerprint density at radius 1 is 1.28 bits per heavy atom. The maximum Gasteiger partial charge on any atom is 0.305 e. The topological polar surface area (TPSA) is 72.6 Å². The minimum atomic E-state index is -0.261. The van der Waals surface area contributed by atoms with Crippen LogP contribution < -0.4 is 5.73 Å². The first-order valence-corrected chi connectivity index (χ1v) is 5.72. The molecule has 1 rings (SSSR count). The van der Waals surface area contributed by atoms with Gasteiger partial charge < -0.3 is 15.4 Å². The molecule has 18 heavy (non-hydrogen) atoms. The molecule has 0 aliphatic rings. The second kappa shape index (κ2) is 6.64. The van der Waals surface area contributed by atoms with Gasteiger partial charge in [-0.25, -0.2) is 0 Å². The monoisotopic (exact) mass is 250 g/mol. The van der Waals surface area contributed by atoms with Gasteiger partial charge >= 0.3 is 5.97 Å². The summed E-state index contributed by atoms with van der Waals surface area (Å²) in [7, 11) is 3.06. The highest BCUT2D eigenvalue weighted by atomic mass is 16.5. The van der Waals surface area contributed by atoms with Crippen molar-refractivity contribution in [1.29, 1.82) is 0 Å². The van der Waals surface area contributed by atoms with Gasteiger partial charge in [-0.3, -0.25) is 9.59 Å². The number of rotatable bonds is 5. The molecular weight excluding hydrogens is 232 g/mol. The number of carbonyl (C=O) groups is 2. The third-order valence-corrected chi connectivity index (χ3v) is 2.61. The molecule has 1 aromatic rings. The smallest absolute Gasteiger partial charge is 0.305 e. The van der Waals surface area contributed by atoms with Gasteiger partial charge in [-0.1, -0.05) is 0 Å². The summed E-state index contributed by atoms with van der Waals surface area (Å²) in [5.74, 6) is -0.344. The molecule has 0 heterocycles. The lowest BCUT2D eigenvalue weighted by atomic mass is 10.2. The fourth-order valence-corrected chi connectivity index (χ4v) is 1.51. The fourth-order valence-electron chi connectivity index (χ4n) is 1.51. The molecule has 0 saturated carbocycles. The Bertz CT molecular complexity index is 415. The Morgan fingerprint density at radius 3 is 2.44 bits per heavy atom. The van der Waals surface area contributed by atoms with Crippen LogP contribution in [0.2, 0.25) is 0 Å². The molecule has 5 nitrogen and oxygen atoms in total. The number of nitrogen functional groups attached to an aromatic ring is 1. The van der Waals surface area contributed by atoms with Crippen LogP contribution in [0.5, 0.6) is 0 Å². The molecule has 0 aliphatic carbocycles. The largest absolute Gasteiger partial charge is 0.469 e. The van der Waals surface area contributed by atoms with Crippen molar-refractivity contribution in [3.63, 3.8) is 0 Å². The first-order chi connectivity index (χ1) is 8.54. The fraction of sp³-hybridized carbons (Fsp3) is 0.385. The highest BCUT2D eigenvalue weighted by molar-refractivity contribution is 5.94. The number of carbonyl (C=O) groups excluding carboxylic acids is 2. The standard InChI is InChI=1S/C13H18N2O3/c1-15(9-3-4-12(16)18-2)13(17)10-5-7-11(14)8-6-10/h5-8H,3-4,9,14H2,1-2H3. The van der Waals surface area contributed by atoms with E-state index in [2.05, 4.69) is 4.74 Å². The summed E-state index contributed by atoms with van der Waals surface area (Å²) in [6, 6.07) is 6.76. The van der Waals surface area contributed by atoms with Gasteiger partial charge in [-0.2, -0.15) is 0 Å². The number of benzene rings is 1. The molecule has 0 spiro atoms. The SMILES string of the molecule is COC(=O)CCCN(C)C(=O)c1ccc(N)cc1. The molecule has 2 N–H and O–H groups in total. The lowest BCUT2D eigenvalue weighted by Crippen LogP contribution is -2.28. The summed E-state index contributed by atoms with van der Waals surface area (Å²) in [6.45, 7) is 0.512. The number of amides is 1. The Kier molecular flexibility index (Phi) is 5.17. The van der Waals surface area contributed by atoms with Crippen LogP contribution in [0.15, 0.2) is 24.3 Å². The van der Waals surface area contributed by atoms with Gasteiger partial charge in [-0.05, 0) is 30.7 Å². The molecule has 0 radical (unpaired) electrons. The number of methoxy groups -OCH3 is 1. The van der Waals surface area contributed by atoms with E-state index in [0.717, 1.165) is 0 Å². The highest BCUT2D eigenvalue weighted by Gasteiger charge is 2.11. The van der Waals surface area contributed by atoms with Gasteiger partial charge in [0, 0.05) is 31.3 Å². The van der Waals surface area contributed by atoms with Crippen molar-refractivity contribution >= 4 is 17.6 Å². The van der Waals surface area contributed by atoms with Crippen LogP contribution in [0.3, 0.4) is 0 Å². The molecule has 0 aromatic heterocycles. The molecule has 98 valence electrons. The summed E-state index contributed by atoms with van der Waals surface area (Å²) in [5, 5.41) is 0. The van der Waals surface area contributed by atoms with Gasteiger partial charge in [0.1, 0.15) is 0 Å². The third kappa shape index (κ3) is 4.08. The second-order valence-electron chi connectivity index (χ2n) is 4.03. The molecule has 0 fully saturated rings. The summed E-state index contributed by atoms with van der Waals surface area (Å²) < 4.78 is 4.53. The van der Waals surface area contributed by atoms with Crippen molar-refractivity contribution in [2.45, 2.75) is 12.8 Å². The van der Waals surface area contributed by atoms with E-state index in [0.29, 0.717) is 30.6 Å². The Balaban J connectivity index is 2.46. The van der Waals surface area contributed by atoms with Crippen LogP contribution in [0.4, 0.5) is 5.69 Å². The van der Waals surface area contributed by atoms with E-state index in [4.69, 9.17) is 5.73 Å². The second-order valence-corrected chi connectivity index (χ2v) is 4.03. The van der Waals surface area contributed by atoms with Crippen LogP contribution in [-0.4, -0.2) is 37.5 Å². The summed E-state index contributed by atoms with van der Waals surface area (Å²) in [4.78, 5) is 24.5. The van der Waals surface area contributed by atoms with Gasteiger partial charge in [0.05, 0.1) is 7.11 Å². The molecule has 1 aromatic carbocycles. The molecule has 0 bridgehead atoms. The molecule has 0 atom stereocenters. The van der Waals surface area contributed by atoms with Gasteiger partial charge in [0.25, 0.3) is 5.91 Å². The van der Waals surface area contributed by atoms with E-state index < -0.39 is 0 Å². The van der Waals surface area contributed by atoms with Crippen molar-refractivity contribution in [2.75, 3.05) is 26.4 Å². The zero-order valence-electron chi connectivity index (χ0n) is 10.7. The number of hydrogen-bond acceptors (Lipinski definition) is 4. The lowest BCUT2D eigenvalue weighted by molar-refractivity contribution is -0.140. The van der Waals surface area contributed by atoms with E-state index in [1.54, 1.807) is 36.2 Å². The Morgan fingerprint density at radius 2 is 1.89 bits per heavy atom. The van der Waals surface area contributed by atoms with Crippen LogP contribution in [0.1, 0.15) is 23.2 Å². The number of hydrogen-bond donors (Lipinski definition) is 1. The van der Waals surface area contributed by atoms with Crippen molar-refractivity contribution in [1.82, 2.24) is 4.90 Å². The summed E-state index contributed by atoms with van der Waals surface area (Å²) in [6.07, 6.45) is 0.903. The Hall–Kier alpha value is -2.04. The van der Waals surface area contributed by atoms with E-state index in [-0.39, 0.29) is 11.9 Å². The number of esters is 1. The average Bonchev–Trinajstić information content (AvgIpc) is 2.38. The first-order valence-electron chi connectivity index (χ1n) is 5.72. The predicted molar refractivity (Wildman–Crippen MR) is 69.1 cm³/mol. The minimum Gasteiger partial charge on any atom is -0.469 e. The van der Waals surface area contributed by atoms with Crippen molar-refractivity contribution in [3.8, 4) is 0 Å². The first kappa shape index (κ1) is 14.0. The van der Waals surface area contributed by atoms with Gasteiger partial charge in [0.15, 0.2) is 0 Å². The summed E-state index contributed by atoms with van der Waals surface area (Å²) >= 11 is 0. The Labute approximate surface area is 107 Å².